The van der Waals surface area contributed by atoms with E-state index in [1.54, 1.807) is 0 Å². The minimum absolute atomic E-state index is 0.724. The van der Waals surface area contributed by atoms with E-state index >= 15 is 0 Å². The Bertz CT molecular complexity index is 655. The van der Waals surface area contributed by atoms with Gasteiger partial charge in [0, 0.05) is 34.5 Å². The van der Waals surface area contributed by atoms with Gasteiger partial charge in [0.1, 0.15) is 0 Å². The highest BCUT2D eigenvalue weighted by atomic mass is 79.9. The lowest BCUT2D eigenvalue weighted by atomic mass is 10.0. The van der Waals surface area contributed by atoms with Crippen molar-refractivity contribution in [2.45, 2.75) is 56.1 Å². The molecule has 2 bridgehead atoms. The first-order valence-electron chi connectivity index (χ1n) is 7.96. The van der Waals surface area contributed by atoms with E-state index < -0.39 is 0 Å². The molecule has 2 aliphatic rings. The van der Waals surface area contributed by atoms with Crippen molar-refractivity contribution < 1.29 is 0 Å². The zero-order valence-corrected chi connectivity index (χ0v) is 14.0. The van der Waals surface area contributed by atoms with E-state index in [9.17, 15) is 0 Å². The fourth-order valence-corrected chi connectivity index (χ4v) is 5.05. The SMILES string of the molecule is Cc1cc(CN2C3CCC2CC(Br)C3)c2ccccc2n1. The Balaban J connectivity index is 1.69. The molecule has 2 saturated heterocycles. The number of hydrogen-bond donors (Lipinski definition) is 0. The fourth-order valence-electron chi connectivity index (χ4n) is 4.19. The normalized spacial score (nSPS) is 29.1. The highest BCUT2D eigenvalue weighted by molar-refractivity contribution is 9.09. The number of nitrogens with zero attached hydrogens (tertiary/aromatic N) is 2. The Hall–Kier alpha value is -0.930. The summed E-state index contributed by atoms with van der Waals surface area (Å²) in [5.74, 6) is 0. The van der Waals surface area contributed by atoms with Crippen LogP contribution in [0.4, 0.5) is 0 Å². The molecule has 0 radical (unpaired) electrons. The van der Waals surface area contributed by atoms with Gasteiger partial charge in [-0.1, -0.05) is 34.1 Å². The zero-order valence-electron chi connectivity index (χ0n) is 12.4. The highest BCUT2D eigenvalue weighted by Crippen LogP contribution is 2.39. The second kappa shape index (κ2) is 5.36. The summed E-state index contributed by atoms with van der Waals surface area (Å²) in [7, 11) is 0. The fraction of sp³-hybridized carbons (Fsp3) is 0.500. The van der Waals surface area contributed by atoms with Crippen molar-refractivity contribution in [3.05, 3.63) is 41.6 Å². The van der Waals surface area contributed by atoms with Gasteiger partial charge >= 0.3 is 0 Å². The number of pyridine rings is 1. The lowest BCUT2D eigenvalue weighted by molar-refractivity contribution is 0.137. The van der Waals surface area contributed by atoms with Gasteiger partial charge in [-0.25, -0.2) is 0 Å². The van der Waals surface area contributed by atoms with Crippen molar-refractivity contribution in [3.63, 3.8) is 0 Å². The molecule has 3 heteroatoms. The van der Waals surface area contributed by atoms with E-state index in [1.807, 2.05) is 0 Å². The predicted octanol–water partition coefficient (Wildman–Crippen LogP) is 4.43. The molecule has 1 aromatic heterocycles. The Morgan fingerprint density at radius 3 is 2.67 bits per heavy atom. The Labute approximate surface area is 134 Å². The van der Waals surface area contributed by atoms with Crippen LogP contribution in [0.2, 0.25) is 0 Å². The lowest BCUT2D eigenvalue weighted by Crippen LogP contribution is -2.42. The summed E-state index contributed by atoms with van der Waals surface area (Å²) < 4.78 is 0. The molecule has 2 fully saturated rings. The molecule has 0 saturated carbocycles. The lowest BCUT2D eigenvalue weighted by Gasteiger charge is -2.37. The largest absolute Gasteiger partial charge is 0.293 e. The molecule has 2 aliphatic heterocycles. The maximum Gasteiger partial charge on any atom is 0.0708 e. The molecular weight excluding hydrogens is 324 g/mol. The summed E-state index contributed by atoms with van der Waals surface area (Å²) in [6, 6.07) is 12.4. The number of halogens is 1. The van der Waals surface area contributed by atoms with Crippen LogP contribution in [-0.4, -0.2) is 26.8 Å². The number of para-hydroxylation sites is 1. The molecule has 1 aromatic carbocycles. The molecule has 2 nitrogen and oxygen atoms in total. The van der Waals surface area contributed by atoms with Crippen molar-refractivity contribution in [3.8, 4) is 0 Å². The molecule has 2 unspecified atom stereocenters. The number of aryl methyl sites for hydroxylation is 1. The second-order valence-corrected chi connectivity index (χ2v) is 7.86. The van der Waals surface area contributed by atoms with Gasteiger partial charge in [-0.3, -0.25) is 9.88 Å². The van der Waals surface area contributed by atoms with Gasteiger partial charge in [-0.15, -0.1) is 0 Å². The Morgan fingerprint density at radius 1 is 1.19 bits per heavy atom. The third kappa shape index (κ3) is 2.51. The van der Waals surface area contributed by atoms with E-state index in [2.05, 4.69) is 63.1 Å². The molecule has 2 aromatic rings. The van der Waals surface area contributed by atoms with Crippen LogP contribution in [0.15, 0.2) is 30.3 Å². The number of alkyl halides is 1. The van der Waals surface area contributed by atoms with Crippen molar-refractivity contribution >= 4 is 26.8 Å². The molecular formula is C18H21BrN2. The third-order valence-electron chi connectivity index (χ3n) is 5.11. The highest BCUT2D eigenvalue weighted by Gasteiger charge is 2.39. The average Bonchev–Trinajstić information content (AvgIpc) is 2.69. The van der Waals surface area contributed by atoms with Crippen LogP contribution in [0.25, 0.3) is 10.9 Å². The average molecular weight is 345 g/mol. The van der Waals surface area contributed by atoms with Crippen LogP contribution in [0.3, 0.4) is 0 Å². The van der Waals surface area contributed by atoms with Crippen molar-refractivity contribution in [1.29, 1.82) is 0 Å². The quantitative estimate of drug-likeness (QED) is 0.749. The zero-order chi connectivity index (χ0) is 14.4. The maximum atomic E-state index is 4.67. The van der Waals surface area contributed by atoms with Crippen LogP contribution >= 0.6 is 15.9 Å². The Morgan fingerprint density at radius 2 is 1.90 bits per heavy atom. The molecule has 0 spiro atoms. The first kappa shape index (κ1) is 13.7. The smallest absolute Gasteiger partial charge is 0.0708 e. The summed E-state index contributed by atoms with van der Waals surface area (Å²) in [6.45, 7) is 3.19. The second-order valence-electron chi connectivity index (χ2n) is 6.57. The number of rotatable bonds is 2. The van der Waals surface area contributed by atoms with E-state index in [-0.39, 0.29) is 0 Å². The van der Waals surface area contributed by atoms with Gasteiger partial charge < -0.3 is 0 Å². The van der Waals surface area contributed by atoms with E-state index in [0.29, 0.717) is 0 Å². The van der Waals surface area contributed by atoms with Crippen LogP contribution in [-0.2, 0) is 6.54 Å². The van der Waals surface area contributed by atoms with E-state index in [1.165, 1.54) is 36.6 Å². The molecule has 3 heterocycles. The van der Waals surface area contributed by atoms with E-state index in [0.717, 1.165) is 34.7 Å². The van der Waals surface area contributed by atoms with Crippen LogP contribution in [0.5, 0.6) is 0 Å². The molecule has 0 N–H and O–H groups in total. The molecule has 2 atom stereocenters. The number of fused-ring (bicyclic) bond motifs is 3. The van der Waals surface area contributed by atoms with Gasteiger partial charge in [-0.05, 0) is 50.3 Å². The molecule has 0 amide bonds. The van der Waals surface area contributed by atoms with Gasteiger partial charge in [0.2, 0.25) is 0 Å². The third-order valence-corrected chi connectivity index (χ3v) is 5.86. The van der Waals surface area contributed by atoms with Crippen molar-refractivity contribution in [2.75, 3.05) is 0 Å². The molecule has 0 aliphatic carbocycles. The standard InChI is InChI=1S/C18H21BrN2/c1-12-8-13(17-4-2-3-5-18(17)20-12)11-21-15-6-7-16(21)10-14(19)9-15/h2-5,8,14-16H,6-7,9-11H2,1H3. The number of aromatic nitrogens is 1. The van der Waals surface area contributed by atoms with Crippen LogP contribution < -0.4 is 0 Å². The first-order valence-corrected chi connectivity index (χ1v) is 8.87. The van der Waals surface area contributed by atoms with E-state index in [4.69, 9.17) is 0 Å². The number of benzene rings is 1. The minimum Gasteiger partial charge on any atom is -0.293 e. The number of hydrogen-bond acceptors (Lipinski definition) is 2. The minimum atomic E-state index is 0.724. The van der Waals surface area contributed by atoms with Gasteiger partial charge in [0.15, 0.2) is 0 Å². The van der Waals surface area contributed by atoms with Gasteiger partial charge in [-0.2, -0.15) is 0 Å². The topological polar surface area (TPSA) is 16.1 Å². The summed E-state index contributed by atoms with van der Waals surface area (Å²) in [6.07, 6.45) is 5.35. The maximum absolute atomic E-state index is 4.67. The summed E-state index contributed by atoms with van der Waals surface area (Å²) >= 11 is 3.84. The molecule has 21 heavy (non-hydrogen) atoms. The van der Waals surface area contributed by atoms with Gasteiger partial charge in [0.05, 0.1) is 5.52 Å². The predicted molar refractivity (Wildman–Crippen MR) is 90.8 cm³/mol. The number of piperidine rings is 1. The van der Waals surface area contributed by atoms with Gasteiger partial charge in [0.25, 0.3) is 0 Å². The Kier molecular flexibility index (Phi) is 3.50. The monoisotopic (exact) mass is 344 g/mol. The first-order chi connectivity index (χ1) is 10.2. The van der Waals surface area contributed by atoms with Crippen molar-refractivity contribution in [1.82, 2.24) is 9.88 Å². The molecule has 4 rings (SSSR count). The van der Waals surface area contributed by atoms with Crippen molar-refractivity contribution in [2.24, 2.45) is 0 Å². The summed E-state index contributed by atoms with van der Waals surface area (Å²) in [5, 5.41) is 1.32. The molecule has 110 valence electrons. The van der Waals surface area contributed by atoms with Crippen LogP contribution in [0, 0.1) is 6.92 Å². The summed E-state index contributed by atoms with van der Waals surface area (Å²) in [5.41, 5.74) is 3.71. The summed E-state index contributed by atoms with van der Waals surface area (Å²) in [4.78, 5) is 8.14. The van der Waals surface area contributed by atoms with Crippen LogP contribution in [0.1, 0.15) is 36.9 Å².